The summed E-state index contributed by atoms with van der Waals surface area (Å²) in [5.74, 6) is 0.292. The van der Waals surface area contributed by atoms with Crippen LogP contribution >= 0.6 is 0 Å². The van der Waals surface area contributed by atoms with E-state index in [1.54, 1.807) is 19.1 Å². The highest BCUT2D eigenvalue weighted by molar-refractivity contribution is 5.89. The molecule has 0 unspecified atom stereocenters. The Morgan fingerprint density at radius 3 is 2.48 bits per heavy atom. The highest BCUT2D eigenvalue weighted by atomic mass is 16.5. The second-order valence-electron chi connectivity index (χ2n) is 6.27. The third kappa shape index (κ3) is 3.65. The Bertz CT molecular complexity index is 761. The fourth-order valence-electron chi connectivity index (χ4n) is 3.19. The van der Waals surface area contributed by atoms with Crippen molar-refractivity contribution >= 4 is 11.8 Å². The number of hydrogen-bond donors (Lipinski definition) is 1. The van der Waals surface area contributed by atoms with Crippen LogP contribution in [0.4, 0.5) is 0 Å². The van der Waals surface area contributed by atoms with Gasteiger partial charge in [-0.05, 0) is 11.6 Å². The van der Waals surface area contributed by atoms with Crippen molar-refractivity contribution in [1.29, 1.82) is 0 Å². The minimum absolute atomic E-state index is 0.00806. The lowest BCUT2D eigenvalue weighted by Gasteiger charge is -2.23. The second-order valence-corrected chi connectivity index (χ2v) is 6.27. The van der Waals surface area contributed by atoms with E-state index in [4.69, 9.17) is 4.74 Å². The van der Waals surface area contributed by atoms with Gasteiger partial charge >= 0.3 is 0 Å². The lowest BCUT2D eigenvalue weighted by molar-refractivity contribution is -0.128. The summed E-state index contributed by atoms with van der Waals surface area (Å²) < 4.78 is 5.48. The van der Waals surface area contributed by atoms with Gasteiger partial charge < -0.3 is 15.0 Å². The molecule has 1 aliphatic rings. The molecule has 0 spiro atoms. The molecule has 3 rings (SSSR count). The molecule has 2 aromatic carbocycles. The molecule has 25 heavy (non-hydrogen) atoms. The third-order valence-corrected chi connectivity index (χ3v) is 4.58. The molecule has 5 nitrogen and oxygen atoms in total. The van der Waals surface area contributed by atoms with Gasteiger partial charge in [0, 0.05) is 25.6 Å². The summed E-state index contributed by atoms with van der Waals surface area (Å²) in [5, 5.41) is 3.11. The first-order valence-electron chi connectivity index (χ1n) is 8.32. The molecular weight excluding hydrogens is 316 g/mol. The Morgan fingerprint density at radius 1 is 1.16 bits per heavy atom. The molecule has 130 valence electrons. The van der Waals surface area contributed by atoms with Crippen LogP contribution in [0, 0.1) is 5.92 Å². The zero-order valence-electron chi connectivity index (χ0n) is 14.4. The molecule has 0 saturated carbocycles. The molecule has 0 radical (unpaired) electrons. The van der Waals surface area contributed by atoms with Crippen molar-refractivity contribution in [1.82, 2.24) is 10.2 Å². The Morgan fingerprint density at radius 2 is 1.84 bits per heavy atom. The number of benzene rings is 2. The highest BCUT2D eigenvalue weighted by Crippen LogP contribution is 2.30. The van der Waals surface area contributed by atoms with Gasteiger partial charge in [-0.3, -0.25) is 9.59 Å². The van der Waals surface area contributed by atoms with Crippen molar-refractivity contribution in [3.8, 4) is 5.75 Å². The van der Waals surface area contributed by atoms with Crippen LogP contribution in [0.25, 0.3) is 0 Å². The minimum Gasteiger partial charge on any atom is -0.496 e. The van der Waals surface area contributed by atoms with Crippen LogP contribution < -0.4 is 10.1 Å². The predicted octanol–water partition coefficient (Wildman–Crippen LogP) is 2.38. The van der Waals surface area contributed by atoms with E-state index in [9.17, 15) is 9.59 Å². The molecule has 2 amide bonds. The summed E-state index contributed by atoms with van der Waals surface area (Å²) in [6, 6.07) is 17.1. The number of nitrogens with one attached hydrogen (secondary N) is 1. The van der Waals surface area contributed by atoms with E-state index in [-0.39, 0.29) is 30.2 Å². The van der Waals surface area contributed by atoms with Crippen LogP contribution in [0.5, 0.6) is 5.75 Å². The minimum atomic E-state index is -0.328. The lowest BCUT2D eigenvalue weighted by atomic mass is 9.96. The molecule has 1 aliphatic heterocycles. The molecule has 1 saturated heterocycles. The van der Waals surface area contributed by atoms with Crippen LogP contribution in [-0.2, 0) is 9.59 Å². The van der Waals surface area contributed by atoms with Crippen LogP contribution in [-0.4, -0.2) is 37.4 Å². The zero-order valence-corrected chi connectivity index (χ0v) is 14.4. The Hall–Kier alpha value is -2.82. The van der Waals surface area contributed by atoms with Gasteiger partial charge in [-0.15, -0.1) is 0 Å². The first-order chi connectivity index (χ1) is 12.1. The van der Waals surface area contributed by atoms with Crippen molar-refractivity contribution < 1.29 is 14.3 Å². The van der Waals surface area contributed by atoms with E-state index in [2.05, 4.69) is 5.32 Å². The topological polar surface area (TPSA) is 58.6 Å². The molecule has 1 N–H and O–H groups in total. The molecular formula is C20H22N2O3. The lowest BCUT2D eigenvalue weighted by Crippen LogP contribution is -2.35. The number of ether oxygens (including phenoxy) is 1. The maximum atomic E-state index is 12.8. The maximum absolute atomic E-state index is 12.8. The van der Waals surface area contributed by atoms with E-state index in [1.807, 2.05) is 54.6 Å². The summed E-state index contributed by atoms with van der Waals surface area (Å²) in [7, 11) is 3.35. The monoisotopic (exact) mass is 338 g/mol. The Labute approximate surface area is 147 Å². The first kappa shape index (κ1) is 17.0. The van der Waals surface area contributed by atoms with Crippen LogP contribution in [0.2, 0.25) is 0 Å². The summed E-state index contributed by atoms with van der Waals surface area (Å²) in [4.78, 5) is 26.1. The average Bonchev–Trinajstić information content (AvgIpc) is 2.99. The fraction of sp³-hybridized carbons (Fsp3) is 0.300. The Kier molecular flexibility index (Phi) is 5.03. The SMILES string of the molecule is COc1ccccc1[C@H](NC(=O)[C@@H]1CC(=O)N(C)C1)c1ccccc1. The number of methoxy groups -OCH3 is 1. The largest absolute Gasteiger partial charge is 0.496 e. The molecule has 5 heteroatoms. The highest BCUT2D eigenvalue weighted by Gasteiger charge is 2.33. The van der Waals surface area contributed by atoms with E-state index in [0.717, 1.165) is 16.9 Å². The van der Waals surface area contributed by atoms with Gasteiger partial charge in [-0.1, -0.05) is 48.5 Å². The van der Waals surface area contributed by atoms with Crippen LogP contribution in [0.1, 0.15) is 23.6 Å². The number of nitrogens with zero attached hydrogens (tertiary/aromatic N) is 1. The average molecular weight is 338 g/mol. The standard InChI is InChI=1S/C20H22N2O3/c1-22-13-15(12-18(22)23)20(24)21-19(14-8-4-3-5-9-14)16-10-6-7-11-17(16)25-2/h3-11,15,19H,12-13H2,1-2H3,(H,21,24)/t15-,19-/m1/s1. The van der Waals surface area contributed by atoms with Gasteiger partial charge in [0.25, 0.3) is 0 Å². The van der Waals surface area contributed by atoms with Crippen molar-refractivity contribution in [2.75, 3.05) is 20.7 Å². The normalized spacial score (nSPS) is 18.1. The smallest absolute Gasteiger partial charge is 0.226 e. The summed E-state index contributed by atoms with van der Waals surface area (Å²) in [6.45, 7) is 0.456. The number of hydrogen-bond acceptors (Lipinski definition) is 3. The van der Waals surface area contributed by atoms with Gasteiger partial charge in [0.1, 0.15) is 5.75 Å². The van der Waals surface area contributed by atoms with Crippen molar-refractivity contribution in [3.05, 3.63) is 65.7 Å². The molecule has 2 atom stereocenters. The quantitative estimate of drug-likeness (QED) is 0.911. The number of carbonyl (C=O) groups excluding carboxylic acids is 2. The van der Waals surface area contributed by atoms with E-state index >= 15 is 0 Å². The van der Waals surface area contributed by atoms with Gasteiger partial charge in [0.05, 0.1) is 19.1 Å². The van der Waals surface area contributed by atoms with Gasteiger partial charge in [-0.25, -0.2) is 0 Å². The first-order valence-corrected chi connectivity index (χ1v) is 8.32. The summed E-state index contributed by atoms with van der Waals surface area (Å²) >= 11 is 0. The zero-order chi connectivity index (χ0) is 17.8. The van der Waals surface area contributed by atoms with E-state index in [0.29, 0.717) is 6.54 Å². The molecule has 1 fully saturated rings. The third-order valence-electron chi connectivity index (χ3n) is 4.58. The van der Waals surface area contributed by atoms with Crippen molar-refractivity contribution in [2.45, 2.75) is 12.5 Å². The molecule has 0 aliphatic carbocycles. The molecule has 1 heterocycles. The molecule has 0 aromatic heterocycles. The molecule has 2 aromatic rings. The summed E-state index contributed by atoms with van der Waals surface area (Å²) in [6.07, 6.45) is 0.260. The van der Waals surface area contributed by atoms with Gasteiger partial charge in [-0.2, -0.15) is 0 Å². The fourth-order valence-corrected chi connectivity index (χ4v) is 3.19. The second kappa shape index (κ2) is 7.38. The number of carbonyl (C=O) groups is 2. The van der Waals surface area contributed by atoms with E-state index in [1.165, 1.54) is 0 Å². The summed E-state index contributed by atoms with van der Waals surface area (Å²) in [5.41, 5.74) is 1.86. The van der Waals surface area contributed by atoms with Crippen LogP contribution in [0.3, 0.4) is 0 Å². The van der Waals surface area contributed by atoms with Gasteiger partial charge in [0.2, 0.25) is 11.8 Å². The number of amides is 2. The number of para-hydroxylation sites is 1. The molecule has 0 bridgehead atoms. The van der Waals surface area contributed by atoms with Gasteiger partial charge in [0.15, 0.2) is 0 Å². The predicted molar refractivity (Wildman–Crippen MR) is 95.2 cm³/mol. The van der Waals surface area contributed by atoms with Crippen molar-refractivity contribution in [2.24, 2.45) is 5.92 Å². The maximum Gasteiger partial charge on any atom is 0.226 e. The van der Waals surface area contributed by atoms with Crippen molar-refractivity contribution in [3.63, 3.8) is 0 Å². The number of rotatable bonds is 5. The Balaban J connectivity index is 1.90. The number of likely N-dealkylation sites (tertiary alicyclic amines) is 1. The van der Waals surface area contributed by atoms with E-state index < -0.39 is 0 Å². The van der Waals surface area contributed by atoms with Crippen LogP contribution in [0.15, 0.2) is 54.6 Å².